The van der Waals surface area contributed by atoms with Crippen LogP contribution in [0.5, 0.6) is 6.01 Å². The van der Waals surface area contributed by atoms with E-state index in [1.54, 1.807) is 7.05 Å². The molecule has 2 heterocycles. The highest BCUT2D eigenvalue weighted by atomic mass is 16.5. The highest BCUT2D eigenvalue weighted by Gasteiger charge is 2.39. The lowest BCUT2D eigenvalue weighted by atomic mass is 10.00. The molecule has 1 aliphatic heterocycles. The minimum Gasteiger partial charge on any atom is -0.461 e. The molecule has 0 unspecified atom stereocenters. The summed E-state index contributed by atoms with van der Waals surface area (Å²) < 4.78 is 5.55. The first kappa shape index (κ1) is 15.3. The summed E-state index contributed by atoms with van der Waals surface area (Å²) in [5, 5.41) is 5.74. The van der Waals surface area contributed by atoms with Crippen molar-refractivity contribution in [3.8, 4) is 6.01 Å². The molecule has 1 fully saturated rings. The van der Waals surface area contributed by atoms with Crippen LogP contribution in [0.4, 0.5) is 11.9 Å². The molecule has 1 aromatic heterocycles. The summed E-state index contributed by atoms with van der Waals surface area (Å²) in [5.41, 5.74) is -0.723. The van der Waals surface area contributed by atoms with Gasteiger partial charge < -0.3 is 20.3 Å². The van der Waals surface area contributed by atoms with Crippen LogP contribution >= 0.6 is 0 Å². The lowest BCUT2D eigenvalue weighted by Gasteiger charge is -2.41. The summed E-state index contributed by atoms with van der Waals surface area (Å²) in [6, 6.07) is 0.251. The molecule has 1 saturated heterocycles. The van der Waals surface area contributed by atoms with E-state index in [9.17, 15) is 4.79 Å². The Labute approximate surface area is 124 Å². The van der Waals surface area contributed by atoms with Crippen LogP contribution in [0.3, 0.4) is 0 Å². The van der Waals surface area contributed by atoms with Crippen LogP contribution in [0.2, 0.25) is 0 Å². The van der Waals surface area contributed by atoms with E-state index in [2.05, 4.69) is 25.6 Å². The summed E-state index contributed by atoms with van der Waals surface area (Å²) in [6.07, 6.45) is -0.0392. The first-order valence-corrected chi connectivity index (χ1v) is 7.01. The Balaban J connectivity index is 2.39. The number of nitrogens with zero attached hydrogens (tertiary/aromatic N) is 4. The molecule has 116 valence electrons. The van der Waals surface area contributed by atoms with Gasteiger partial charge in [0, 0.05) is 20.1 Å². The standard InChI is InChI=1S/C13H22N6O2/c1-8(2)21-12-17-10(14-5)16-11(18-12)19-7-6-15-9(20)13(19,3)4/h8H,6-7H2,1-5H3,(H,15,20)(H,14,16,17,18). The minimum atomic E-state index is -0.723. The van der Waals surface area contributed by atoms with Crippen molar-refractivity contribution in [1.82, 2.24) is 20.3 Å². The van der Waals surface area contributed by atoms with Crippen LogP contribution in [0, 0.1) is 0 Å². The van der Waals surface area contributed by atoms with E-state index in [4.69, 9.17) is 4.74 Å². The van der Waals surface area contributed by atoms with Crippen molar-refractivity contribution in [3.05, 3.63) is 0 Å². The van der Waals surface area contributed by atoms with Crippen molar-refractivity contribution >= 4 is 17.8 Å². The number of nitrogens with one attached hydrogen (secondary N) is 2. The van der Waals surface area contributed by atoms with Gasteiger partial charge >= 0.3 is 6.01 Å². The number of amides is 1. The van der Waals surface area contributed by atoms with E-state index in [1.807, 2.05) is 32.6 Å². The van der Waals surface area contributed by atoms with E-state index in [-0.39, 0.29) is 18.0 Å². The highest BCUT2D eigenvalue weighted by molar-refractivity contribution is 5.89. The van der Waals surface area contributed by atoms with Gasteiger partial charge in [-0.15, -0.1) is 0 Å². The van der Waals surface area contributed by atoms with Gasteiger partial charge in [0.05, 0.1) is 6.10 Å². The van der Waals surface area contributed by atoms with E-state index < -0.39 is 5.54 Å². The second-order valence-corrected chi connectivity index (χ2v) is 5.62. The Bertz CT molecular complexity index is 531. The van der Waals surface area contributed by atoms with E-state index >= 15 is 0 Å². The average Bonchev–Trinajstić information content (AvgIpc) is 2.40. The predicted octanol–water partition coefficient (Wildman–Crippen LogP) is 0.415. The number of anilines is 2. The summed E-state index contributed by atoms with van der Waals surface area (Å²) in [5.74, 6) is 0.800. The molecule has 2 N–H and O–H groups in total. The molecule has 0 aromatic carbocycles. The maximum Gasteiger partial charge on any atom is 0.323 e. The van der Waals surface area contributed by atoms with E-state index in [0.717, 1.165) is 0 Å². The molecule has 1 amide bonds. The van der Waals surface area contributed by atoms with E-state index in [1.165, 1.54) is 0 Å². The summed E-state index contributed by atoms with van der Waals surface area (Å²) in [4.78, 5) is 26.8. The fraction of sp³-hybridized carbons (Fsp3) is 0.692. The Kier molecular flexibility index (Phi) is 4.15. The smallest absolute Gasteiger partial charge is 0.323 e. The number of ether oxygens (including phenoxy) is 1. The minimum absolute atomic E-state index is 0.0392. The molecule has 8 nitrogen and oxygen atoms in total. The molecule has 1 aliphatic rings. The fourth-order valence-corrected chi connectivity index (χ4v) is 2.09. The van der Waals surface area contributed by atoms with Crippen LogP contribution in [-0.2, 0) is 4.79 Å². The van der Waals surface area contributed by atoms with Gasteiger partial charge in [0.2, 0.25) is 17.8 Å². The van der Waals surface area contributed by atoms with Crippen molar-refractivity contribution < 1.29 is 9.53 Å². The number of carbonyl (C=O) groups excluding carboxylic acids is 1. The fourth-order valence-electron chi connectivity index (χ4n) is 2.09. The van der Waals surface area contributed by atoms with Crippen LogP contribution < -0.4 is 20.3 Å². The van der Waals surface area contributed by atoms with Crippen molar-refractivity contribution in [3.63, 3.8) is 0 Å². The summed E-state index contributed by atoms with van der Waals surface area (Å²) in [7, 11) is 1.73. The zero-order valence-electron chi connectivity index (χ0n) is 13.1. The number of hydrogen-bond donors (Lipinski definition) is 2. The molecule has 0 spiro atoms. The Morgan fingerprint density at radius 2 is 2.05 bits per heavy atom. The van der Waals surface area contributed by atoms with Gasteiger partial charge in [0.1, 0.15) is 5.54 Å². The topological polar surface area (TPSA) is 92.3 Å². The monoisotopic (exact) mass is 294 g/mol. The zero-order valence-corrected chi connectivity index (χ0v) is 13.1. The predicted molar refractivity (Wildman–Crippen MR) is 79.6 cm³/mol. The van der Waals surface area contributed by atoms with Crippen molar-refractivity contribution in [2.24, 2.45) is 0 Å². The molecular formula is C13H22N6O2. The number of rotatable bonds is 4. The molecule has 8 heteroatoms. The SMILES string of the molecule is CNc1nc(OC(C)C)nc(N2CCNC(=O)C2(C)C)n1. The van der Waals surface area contributed by atoms with E-state index in [0.29, 0.717) is 25.0 Å². The lowest BCUT2D eigenvalue weighted by molar-refractivity contribution is -0.126. The van der Waals surface area contributed by atoms with Crippen molar-refractivity contribution in [1.29, 1.82) is 0 Å². The largest absolute Gasteiger partial charge is 0.461 e. The average molecular weight is 294 g/mol. The third-order valence-corrected chi connectivity index (χ3v) is 3.26. The second kappa shape index (κ2) is 5.71. The van der Waals surface area contributed by atoms with Gasteiger partial charge in [-0.25, -0.2) is 0 Å². The molecule has 21 heavy (non-hydrogen) atoms. The molecule has 0 saturated carbocycles. The van der Waals surface area contributed by atoms with Crippen LogP contribution in [-0.4, -0.2) is 52.6 Å². The Hall–Kier alpha value is -2.12. The normalized spacial score (nSPS) is 17.6. The second-order valence-electron chi connectivity index (χ2n) is 5.62. The number of piperazine rings is 1. The van der Waals surface area contributed by atoms with Gasteiger partial charge in [0.15, 0.2) is 0 Å². The maximum absolute atomic E-state index is 12.0. The van der Waals surface area contributed by atoms with Gasteiger partial charge in [-0.1, -0.05) is 0 Å². The molecule has 0 aliphatic carbocycles. The molecule has 2 rings (SSSR count). The van der Waals surface area contributed by atoms with Gasteiger partial charge in [-0.2, -0.15) is 15.0 Å². The molecule has 0 radical (unpaired) electrons. The number of carbonyl (C=O) groups is 1. The first-order chi connectivity index (χ1) is 9.84. The van der Waals surface area contributed by atoms with Crippen LogP contribution in [0.15, 0.2) is 0 Å². The van der Waals surface area contributed by atoms with Crippen LogP contribution in [0.25, 0.3) is 0 Å². The highest BCUT2D eigenvalue weighted by Crippen LogP contribution is 2.25. The lowest BCUT2D eigenvalue weighted by Crippen LogP contribution is -2.62. The quantitative estimate of drug-likeness (QED) is 0.831. The molecule has 0 atom stereocenters. The molecule has 0 bridgehead atoms. The molecule has 1 aromatic rings. The Morgan fingerprint density at radius 3 is 2.67 bits per heavy atom. The first-order valence-electron chi connectivity index (χ1n) is 7.01. The maximum atomic E-state index is 12.0. The summed E-state index contributed by atoms with van der Waals surface area (Å²) in [6.45, 7) is 8.68. The van der Waals surface area contributed by atoms with Crippen molar-refractivity contribution in [2.45, 2.75) is 39.3 Å². The van der Waals surface area contributed by atoms with Crippen molar-refractivity contribution in [2.75, 3.05) is 30.4 Å². The number of hydrogen-bond acceptors (Lipinski definition) is 7. The van der Waals surface area contributed by atoms with Gasteiger partial charge in [-0.05, 0) is 27.7 Å². The third-order valence-electron chi connectivity index (χ3n) is 3.26. The zero-order chi connectivity index (χ0) is 15.6. The van der Waals surface area contributed by atoms with Gasteiger partial charge in [0.25, 0.3) is 0 Å². The third kappa shape index (κ3) is 3.14. The Morgan fingerprint density at radius 1 is 1.33 bits per heavy atom. The summed E-state index contributed by atoms with van der Waals surface area (Å²) >= 11 is 0. The van der Waals surface area contributed by atoms with Gasteiger partial charge in [-0.3, -0.25) is 4.79 Å². The van der Waals surface area contributed by atoms with Crippen LogP contribution in [0.1, 0.15) is 27.7 Å². The molecular weight excluding hydrogens is 272 g/mol. The number of aromatic nitrogens is 3.